The van der Waals surface area contributed by atoms with Crippen LogP contribution in [0.1, 0.15) is 26.5 Å². The predicted molar refractivity (Wildman–Crippen MR) is 128 cm³/mol. The smallest absolute Gasteiger partial charge is 0.265 e. The summed E-state index contributed by atoms with van der Waals surface area (Å²) in [5, 5.41) is 8.44. The van der Waals surface area contributed by atoms with Crippen molar-refractivity contribution in [3.8, 4) is 0 Å². The third kappa shape index (κ3) is 4.32. The summed E-state index contributed by atoms with van der Waals surface area (Å²) in [5.74, 6) is -0.240. The van der Waals surface area contributed by atoms with Crippen molar-refractivity contribution in [1.82, 2.24) is 14.1 Å². The van der Waals surface area contributed by atoms with E-state index in [0.717, 1.165) is 25.8 Å². The Bertz CT molecular complexity index is 1380. The molecule has 7 nitrogen and oxygen atoms in total. The molecule has 2 heterocycles. The number of benzene rings is 2. The Morgan fingerprint density at radius 2 is 1.72 bits per heavy atom. The fourth-order valence-electron chi connectivity index (χ4n) is 3.31. The second-order valence-electron chi connectivity index (χ2n) is 7.82. The summed E-state index contributed by atoms with van der Waals surface area (Å²) in [5.41, 5.74) is 3.76. The van der Waals surface area contributed by atoms with Gasteiger partial charge in [0.15, 0.2) is 0 Å². The Labute approximate surface area is 191 Å². The number of rotatable bonds is 6. The zero-order valence-electron chi connectivity index (χ0n) is 18.3. The van der Waals surface area contributed by atoms with Gasteiger partial charge in [0.05, 0.1) is 22.0 Å². The minimum absolute atomic E-state index is 0.175. The van der Waals surface area contributed by atoms with Gasteiger partial charge in [-0.15, -0.1) is 11.3 Å². The fraction of sp³-hybridized carbons (Fsp3) is 0.217. The van der Waals surface area contributed by atoms with Crippen LogP contribution in [0.4, 0.5) is 5.69 Å². The molecule has 4 aromatic rings. The summed E-state index contributed by atoms with van der Waals surface area (Å²) in [4.78, 5) is 14.5. The summed E-state index contributed by atoms with van der Waals surface area (Å²) in [7, 11) is -0.548. The van der Waals surface area contributed by atoms with Gasteiger partial charge in [-0.05, 0) is 49.7 Å². The lowest BCUT2D eigenvalue weighted by Gasteiger charge is -2.11. The highest BCUT2D eigenvalue weighted by Crippen LogP contribution is 2.29. The second kappa shape index (κ2) is 8.50. The molecule has 0 radical (unpaired) electrons. The number of aromatic nitrogens is 2. The monoisotopic (exact) mass is 468 g/mol. The van der Waals surface area contributed by atoms with E-state index in [1.54, 1.807) is 12.1 Å². The number of fused-ring (bicyclic) bond motifs is 1. The molecule has 0 atom stereocenters. The maximum Gasteiger partial charge on any atom is 0.265 e. The van der Waals surface area contributed by atoms with Gasteiger partial charge in [-0.1, -0.05) is 29.8 Å². The normalized spacial score (nSPS) is 11.9. The van der Waals surface area contributed by atoms with Crippen molar-refractivity contribution in [2.24, 2.45) is 0 Å². The van der Waals surface area contributed by atoms with Gasteiger partial charge >= 0.3 is 0 Å². The fourth-order valence-corrected chi connectivity index (χ4v) is 5.27. The Morgan fingerprint density at radius 3 is 2.34 bits per heavy atom. The lowest BCUT2D eigenvalue weighted by atomic mass is 10.1. The number of anilines is 1. The Kier molecular flexibility index (Phi) is 5.89. The molecule has 0 spiro atoms. The number of hydrogen-bond donors (Lipinski definition) is 1. The number of nitrogens with one attached hydrogen (secondary N) is 1. The highest BCUT2D eigenvalue weighted by atomic mass is 32.2. The predicted octanol–water partition coefficient (Wildman–Crippen LogP) is 4.27. The largest absolute Gasteiger partial charge is 0.321 e. The lowest BCUT2D eigenvalue weighted by Crippen LogP contribution is -2.22. The average Bonchev–Trinajstić information content (AvgIpc) is 3.31. The van der Waals surface area contributed by atoms with Crippen molar-refractivity contribution < 1.29 is 13.2 Å². The van der Waals surface area contributed by atoms with Gasteiger partial charge in [-0.3, -0.25) is 9.48 Å². The molecule has 0 unspecified atom stereocenters. The van der Waals surface area contributed by atoms with Gasteiger partial charge < -0.3 is 5.32 Å². The molecule has 0 aliphatic rings. The average molecular weight is 469 g/mol. The van der Waals surface area contributed by atoms with E-state index in [-0.39, 0.29) is 10.8 Å². The Balaban J connectivity index is 1.55. The summed E-state index contributed by atoms with van der Waals surface area (Å²) < 4.78 is 27.5. The molecule has 0 bridgehead atoms. The number of carbonyl (C=O) groups is 1. The van der Waals surface area contributed by atoms with E-state index in [1.807, 2.05) is 17.7 Å². The molecule has 1 N–H and O–H groups in total. The Morgan fingerprint density at radius 1 is 1.06 bits per heavy atom. The van der Waals surface area contributed by atoms with Crippen molar-refractivity contribution in [3.63, 3.8) is 0 Å². The van der Waals surface area contributed by atoms with Crippen LogP contribution in [-0.2, 0) is 16.6 Å². The van der Waals surface area contributed by atoms with Crippen LogP contribution in [0.25, 0.3) is 10.2 Å². The number of sulfonamides is 1. The zero-order valence-corrected chi connectivity index (χ0v) is 19.9. The van der Waals surface area contributed by atoms with E-state index >= 15 is 0 Å². The maximum atomic E-state index is 12.8. The molecule has 1 amide bonds. The van der Waals surface area contributed by atoms with Gasteiger partial charge in [-0.25, -0.2) is 12.7 Å². The van der Waals surface area contributed by atoms with Crippen molar-refractivity contribution in [2.45, 2.75) is 25.3 Å². The number of hydrogen-bond acceptors (Lipinski definition) is 5. The number of carbonyl (C=O) groups excluding carboxylic acids is 1. The van der Waals surface area contributed by atoms with Crippen molar-refractivity contribution >= 4 is 43.2 Å². The summed E-state index contributed by atoms with van der Waals surface area (Å²) >= 11 is 1.39. The van der Waals surface area contributed by atoms with Crippen LogP contribution >= 0.6 is 11.3 Å². The minimum atomic E-state index is -3.51. The molecular weight excluding hydrogens is 444 g/mol. The van der Waals surface area contributed by atoms with Gasteiger partial charge in [0.25, 0.3) is 5.91 Å². The number of thiophene rings is 1. The highest BCUT2D eigenvalue weighted by Gasteiger charge is 2.19. The van der Waals surface area contributed by atoms with E-state index < -0.39 is 10.0 Å². The van der Waals surface area contributed by atoms with Gasteiger partial charge in [0.1, 0.15) is 4.83 Å². The first-order valence-electron chi connectivity index (χ1n) is 10.0. The zero-order chi connectivity index (χ0) is 23.0. The van der Waals surface area contributed by atoms with Crippen LogP contribution in [0.3, 0.4) is 0 Å². The van der Waals surface area contributed by atoms with Crippen molar-refractivity contribution in [2.75, 3.05) is 19.4 Å². The van der Waals surface area contributed by atoms with Crippen LogP contribution in [0.5, 0.6) is 0 Å². The first kappa shape index (κ1) is 22.2. The first-order valence-corrected chi connectivity index (χ1v) is 12.3. The SMILES string of the molecule is Cc1ccc(Cn2nc(C)c3cc(C(=O)Nc4ccc(S(=O)(=O)N(C)C)cc4)sc32)cc1. The first-order chi connectivity index (χ1) is 15.1. The van der Waals surface area contributed by atoms with Crippen molar-refractivity contribution in [1.29, 1.82) is 0 Å². The molecule has 9 heteroatoms. The highest BCUT2D eigenvalue weighted by molar-refractivity contribution is 7.89. The van der Waals surface area contributed by atoms with Gasteiger partial charge in [-0.2, -0.15) is 5.10 Å². The molecule has 2 aromatic carbocycles. The molecule has 0 aliphatic carbocycles. The van der Waals surface area contributed by atoms with Gasteiger partial charge in [0, 0.05) is 25.2 Å². The molecule has 0 saturated heterocycles. The van der Waals surface area contributed by atoms with E-state index in [0.29, 0.717) is 17.1 Å². The van der Waals surface area contributed by atoms with E-state index in [2.05, 4.69) is 41.6 Å². The summed E-state index contributed by atoms with van der Waals surface area (Å²) in [6, 6.07) is 16.3. The standard InChI is InChI=1S/C23H24N4O3S2/c1-15-5-7-17(8-6-15)14-27-23-20(16(2)25-27)13-21(31-23)22(28)24-18-9-11-19(12-10-18)32(29,30)26(3)4/h5-13H,14H2,1-4H3,(H,24,28). The van der Waals surface area contributed by atoms with E-state index in [4.69, 9.17) is 0 Å². The van der Waals surface area contributed by atoms with Gasteiger partial charge in [0.2, 0.25) is 10.0 Å². The second-order valence-corrected chi connectivity index (χ2v) is 11.0. The van der Waals surface area contributed by atoms with Crippen LogP contribution in [0.15, 0.2) is 59.5 Å². The molecule has 0 saturated carbocycles. The molecular formula is C23H24N4O3S2. The topological polar surface area (TPSA) is 84.3 Å². The number of nitrogens with zero attached hydrogens (tertiary/aromatic N) is 3. The van der Waals surface area contributed by atoms with E-state index in [1.165, 1.54) is 43.1 Å². The molecule has 0 fully saturated rings. The minimum Gasteiger partial charge on any atom is -0.321 e. The number of amides is 1. The quantitative estimate of drug-likeness (QED) is 0.458. The summed E-state index contributed by atoms with van der Waals surface area (Å²) in [6.45, 7) is 4.62. The molecule has 2 aromatic heterocycles. The lowest BCUT2D eigenvalue weighted by molar-refractivity contribution is 0.103. The molecule has 32 heavy (non-hydrogen) atoms. The van der Waals surface area contributed by atoms with E-state index in [9.17, 15) is 13.2 Å². The maximum absolute atomic E-state index is 12.8. The van der Waals surface area contributed by atoms with Crippen LogP contribution in [0.2, 0.25) is 0 Å². The summed E-state index contributed by atoms with van der Waals surface area (Å²) in [6.07, 6.45) is 0. The molecule has 4 rings (SSSR count). The third-order valence-corrected chi connectivity index (χ3v) is 8.15. The third-order valence-electron chi connectivity index (χ3n) is 5.17. The molecule has 0 aliphatic heterocycles. The van der Waals surface area contributed by atoms with Crippen molar-refractivity contribution in [3.05, 3.63) is 76.3 Å². The molecule has 166 valence electrons. The number of aryl methyl sites for hydroxylation is 2. The Hall–Kier alpha value is -3.01. The van der Waals surface area contributed by atoms with Crippen LogP contribution in [-0.4, -0.2) is 42.5 Å². The van der Waals surface area contributed by atoms with Crippen LogP contribution < -0.4 is 5.32 Å². The van der Waals surface area contributed by atoms with Crippen LogP contribution in [0, 0.1) is 13.8 Å².